The summed E-state index contributed by atoms with van der Waals surface area (Å²) in [6.45, 7) is 0.435. The van der Waals surface area contributed by atoms with Crippen LogP contribution in [0.3, 0.4) is 0 Å². The Kier molecular flexibility index (Phi) is 3.42. The normalized spacial score (nSPS) is 10.7. The SMILES string of the molecule is O=[N+]([O-])c1ccn(CCc2nnc(-c3ccccc3)o2)n1. The number of aryl methyl sites for hydroxylation is 2. The maximum absolute atomic E-state index is 10.5. The fourth-order valence-corrected chi connectivity index (χ4v) is 1.84. The Labute approximate surface area is 119 Å². The zero-order valence-corrected chi connectivity index (χ0v) is 10.9. The molecule has 0 spiro atoms. The van der Waals surface area contributed by atoms with Gasteiger partial charge < -0.3 is 14.5 Å². The minimum Gasteiger partial charge on any atom is -0.421 e. The number of benzene rings is 1. The lowest BCUT2D eigenvalue weighted by Crippen LogP contribution is -2.03. The predicted molar refractivity (Wildman–Crippen MR) is 72.3 cm³/mol. The zero-order chi connectivity index (χ0) is 14.7. The topological polar surface area (TPSA) is 99.9 Å². The molecular formula is C13H11N5O3. The minimum absolute atomic E-state index is 0.175. The van der Waals surface area contributed by atoms with Crippen LogP contribution in [0, 0.1) is 10.1 Å². The van der Waals surface area contributed by atoms with E-state index in [4.69, 9.17) is 4.42 Å². The predicted octanol–water partition coefficient (Wildman–Crippen LogP) is 2.08. The summed E-state index contributed by atoms with van der Waals surface area (Å²) >= 11 is 0. The summed E-state index contributed by atoms with van der Waals surface area (Å²) in [4.78, 5) is 10.0. The van der Waals surface area contributed by atoms with Crippen LogP contribution in [0.25, 0.3) is 11.5 Å². The molecule has 0 unspecified atom stereocenters. The van der Waals surface area contributed by atoms with E-state index in [0.717, 1.165) is 5.56 Å². The van der Waals surface area contributed by atoms with Crippen LogP contribution in [0.2, 0.25) is 0 Å². The molecule has 0 aliphatic heterocycles. The van der Waals surface area contributed by atoms with Gasteiger partial charge in [-0.05, 0) is 17.1 Å². The molecule has 0 saturated heterocycles. The number of aromatic nitrogens is 4. The van der Waals surface area contributed by atoms with Crippen LogP contribution in [0.5, 0.6) is 0 Å². The van der Waals surface area contributed by atoms with E-state index in [1.165, 1.54) is 10.7 Å². The Morgan fingerprint density at radius 3 is 2.71 bits per heavy atom. The van der Waals surface area contributed by atoms with E-state index in [9.17, 15) is 10.1 Å². The average Bonchev–Trinajstić information content (AvgIpc) is 3.15. The Balaban J connectivity index is 1.66. The summed E-state index contributed by atoms with van der Waals surface area (Å²) in [6, 6.07) is 10.8. The molecule has 3 rings (SSSR count). The van der Waals surface area contributed by atoms with E-state index in [1.807, 2.05) is 30.3 Å². The molecule has 0 saturated carbocycles. The van der Waals surface area contributed by atoms with Crippen LogP contribution in [0.15, 0.2) is 47.0 Å². The van der Waals surface area contributed by atoms with Gasteiger partial charge in [-0.1, -0.05) is 18.2 Å². The second-order valence-corrected chi connectivity index (χ2v) is 4.31. The zero-order valence-electron chi connectivity index (χ0n) is 10.9. The Hall–Kier alpha value is -3.03. The van der Waals surface area contributed by atoms with Crippen LogP contribution in [0.1, 0.15) is 5.89 Å². The Morgan fingerprint density at radius 2 is 2.00 bits per heavy atom. The van der Waals surface area contributed by atoms with Crippen LogP contribution in [0.4, 0.5) is 5.82 Å². The highest BCUT2D eigenvalue weighted by molar-refractivity contribution is 5.51. The van der Waals surface area contributed by atoms with Crippen LogP contribution in [-0.4, -0.2) is 24.9 Å². The molecule has 0 fully saturated rings. The minimum atomic E-state index is -0.531. The van der Waals surface area contributed by atoms with Crippen molar-refractivity contribution in [2.45, 2.75) is 13.0 Å². The summed E-state index contributed by atoms with van der Waals surface area (Å²) in [7, 11) is 0. The molecule has 0 amide bonds. The molecule has 8 heteroatoms. The summed E-state index contributed by atoms with van der Waals surface area (Å²) in [5, 5.41) is 22.3. The second-order valence-electron chi connectivity index (χ2n) is 4.31. The van der Waals surface area contributed by atoms with Gasteiger partial charge in [-0.2, -0.15) is 4.68 Å². The van der Waals surface area contributed by atoms with Crippen LogP contribution < -0.4 is 0 Å². The van der Waals surface area contributed by atoms with E-state index in [0.29, 0.717) is 24.7 Å². The van der Waals surface area contributed by atoms with Crippen molar-refractivity contribution >= 4 is 5.82 Å². The maximum Gasteiger partial charge on any atom is 0.389 e. The number of nitrogens with zero attached hydrogens (tertiary/aromatic N) is 5. The summed E-state index contributed by atoms with van der Waals surface area (Å²) < 4.78 is 7.03. The lowest BCUT2D eigenvalue weighted by Gasteiger charge is -1.94. The van der Waals surface area contributed by atoms with Crippen LogP contribution in [-0.2, 0) is 13.0 Å². The van der Waals surface area contributed by atoms with Gasteiger partial charge in [0.15, 0.2) is 0 Å². The molecule has 8 nitrogen and oxygen atoms in total. The van der Waals surface area contributed by atoms with Gasteiger partial charge in [0.05, 0.1) is 23.9 Å². The van der Waals surface area contributed by atoms with Crippen molar-refractivity contribution in [3.8, 4) is 11.5 Å². The van der Waals surface area contributed by atoms with E-state index in [1.54, 1.807) is 6.20 Å². The van der Waals surface area contributed by atoms with Crippen molar-refractivity contribution in [1.29, 1.82) is 0 Å². The number of hydrogen-bond acceptors (Lipinski definition) is 6. The molecular weight excluding hydrogens is 274 g/mol. The van der Waals surface area contributed by atoms with Crippen LogP contribution >= 0.6 is 0 Å². The van der Waals surface area contributed by atoms with Gasteiger partial charge in [-0.15, -0.1) is 10.2 Å². The highest BCUT2D eigenvalue weighted by Gasteiger charge is 2.12. The van der Waals surface area contributed by atoms with E-state index in [2.05, 4.69) is 15.3 Å². The average molecular weight is 285 g/mol. The summed E-state index contributed by atoms with van der Waals surface area (Å²) in [6.07, 6.45) is 2.01. The fourth-order valence-electron chi connectivity index (χ4n) is 1.84. The smallest absolute Gasteiger partial charge is 0.389 e. The van der Waals surface area contributed by atoms with Gasteiger partial charge in [0, 0.05) is 12.0 Å². The highest BCUT2D eigenvalue weighted by Crippen LogP contribution is 2.17. The molecule has 0 aliphatic rings. The molecule has 0 radical (unpaired) electrons. The largest absolute Gasteiger partial charge is 0.421 e. The lowest BCUT2D eigenvalue weighted by molar-refractivity contribution is -0.389. The molecule has 0 N–H and O–H groups in total. The quantitative estimate of drug-likeness (QED) is 0.525. The number of hydrogen-bond donors (Lipinski definition) is 0. The highest BCUT2D eigenvalue weighted by atomic mass is 16.6. The van der Waals surface area contributed by atoms with Gasteiger partial charge in [0.2, 0.25) is 11.8 Å². The van der Waals surface area contributed by atoms with Gasteiger partial charge in [-0.25, -0.2) is 0 Å². The fraction of sp³-hybridized carbons (Fsp3) is 0.154. The van der Waals surface area contributed by atoms with Gasteiger partial charge >= 0.3 is 5.82 Å². The van der Waals surface area contributed by atoms with Crippen molar-refractivity contribution in [2.75, 3.05) is 0 Å². The third-order valence-corrected chi connectivity index (χ3v) is 2.86. The molecule has 106 valence electrons. The maximum atomic E-state index is 10.5. The van der Waals surface area contributed by atoms with E-state index in [-0.39, 0.29) is 5.82 Å². The van der Waals surface area contributed by atoms with Gasteiger partial charge in [0.1, 0.15) is 0 Å². The molecule has 0 bridgehead atoms. The Morgan fingerprint density at radius 1 is 1.19 bits per heavy atom. The van der Waals surface area contributed by atoms with Crippen molar-refractivity contribution in [3.63, 3.8) is 0 Å². The molecule has 2 aromatic heterocycles. The first-order valence-electron chi connectivity index (χ1n) is 6.28. The van der Waals surface area contributed by atoms with E-state index < -0.39 is 4.92 Å². The number of nitro groups is 1. The third-order valence-electron chi connectivity index (χ3n) is 2.86. The molecule has 0 aliphatic carbocycles. The van der Waals surface area contributed by atoms with E-state index >= 15 is 0 Å². The molecule has 0 atom stereocenters. The first-order chi connectivity index (χ1) is 10.2. The first-order valence-corrected chi connectivity index (χ1v) is 6.28. The third kappa shape index (κ3) is 2.94. The van der Waals surface area contributed by atoms with Gasteiger partial charge in [0.25, 0.3) is 0 Å². The molecule has 1 aromatic carbocycles. The monoisotopic (exact) mass is 285 g/mol. The standard InChI is InChI=1S/C13H11N5O3/c19-18(20)11-6-8-17(16-11)9-7-12-14-15-13(21-12)10-4-2-1-3-5-10/h1-6,8H,7,9H2. The lowest BCUT2D eigenvalue weighted by atomic mass is 10.2. The molecule has 3 aromatic rings. The number of rotatable bonds is 5. The molecule has 2 heterocycles. The van der Waals surface area contributed by atoms with Crippen molar-refractivity contribution in [3.05, 3.63) is 58.6 Å². The molecule has 21 heavy (non-hydrogen) atoms. The van der Waals surface area contributed by atoms with Crippen molar-refractivity contribution in [2.24, 2.45) is 0 Å². The van der Waals surface area contributed by atoms with Crippen molar-refractivity contribution in [1.82, 2.24) is 20.0 Å². The summed E-state index contributed by atoms with van der Waals surface area (Å²) in [5.41, 5.74) is 0.853. The second kappa shape index (κ2) is 5.53. The first kappa shape index (κ1) is 13.0. The Bertz CT molecular complexity index is 750. The summed E-state index contributed by atoms with van der Waals surface area (Å²) in [5.74, 6) is 0.745. The van der Waals surface area contributed by atoms with Gasteiger partial charge in [-0.3, -0.25) is 0 Å². The van der Waals surface area contributed by atoms with Crippen molar-refractivity contribution < 1.29 is 9.34 Å².